The number of nitrogens with zero attached hydrogens (tertiary/aromatic N) is 1. The molecular weight excluding hydrogens is 649 g/mol. The molecule has 0 aromatic heterocycles. The lowest BCUT2D eigenvalue weighted by Crippen LogP contribution is -2.47. The smallest absolute Gasteiger partial charge is 0.409 e. The third-order valence-corrected chi connectivity index (χ3v) is 7.26. The summed E-state index contributed by atoms with van der Waals surface area (Å²) < 4.78 is 35.9. The van der Waals surface area contributed by atoms with Crippen LogP contribution in [-0.4, -0.2) is 88.4 Å². The molecule has 2 aromatic rings. The average Bonchev–Trinajstić information content (AvgIpc) is 3.02. The van der Waals surface area contributed by atoms with Gasteiger partial charge in [-0.05, 0) is 102 Å². The van der Waals surface area contributed by atoms with Crippen molar-refractivity contribution in [3.8, 4) is 0 Å². The predicted molar refractivity (Wildman–Crippen MR) is 183 cm³/mol. The molecule has 2 aliphatic heterocycles. The van der Waals surface area contributed by atoms with E-state index in [9.17, 15) is 28.0 Å². The van der Waals surface area contributed by atoms with Gasteiger partial charge in [-0.2, -0.15) is 0 Å². The third kappa shape index (κ3) is 16.1. The zero-order valence-corrected chi connectivity index (χ0v) is 28.6. The van der Waals surface area contributed by atoms with Gasteiger partial charge in [-0.1, -0.05) is 12.1 Å². The summed E-state index contributed by atoms with van der Waals surface area (Å²) in [4.78, 5) is 46.5. The normalized spacial score (nSPS) is 14.4. The number of hydrogen-bond acceptors (Lipinski definition) is 7. The van der Waals surface area contributed by atoms with Crippen LogP contribution in [0.4, 0.5) is 39.3 Å². The minimum absolute atomic E-state index is 0. The summed E-state index contributed by atoms with van der Waals surface area (Å²) in [5, 5.41) is 14.2. The SMILES string of the molecule is CCOC(=O)Cl.CCOC(=O)N1CCC(NC(=O)Nc2ccc(C)c(F)c2)CC1.Cc1ccc(NC(=O)NC2CCNCC2)cc1F.[B]. The lowest BCUT2D eigenvalue weighted by atomic mass is 10.1. The quantitative estimate of drug-likeness (QED) is 0.187. The number of urea groups is 2. The zero-order valence-electron chi connectivity index (χ0n) is 27.8. The van der Waals surface area contributed by atoms with Crippen LogP contribution in [0, 0.1) is 25.5 Å². The van der Waals surface area contributed by atoms with E-state index in [0.29, 0.717) is 61.6 Å². The van der Waals surface area contributed by atoms with E-state index in [1.807, 2.05) is 0 Å². The van der Waals surface area contributed by atoms with Crippen molar-refractivity contribution >= 4 is 55.0 Å². The zero-order chi connectivity index (χ0) is 34.8. The number of halogens is 3. The molecule has 16 heteroatoms. The van der Waals surface area contributed by atoms with Gasteiger partial charge in [0.15, 0.2) is 0 Å². The van der Waals surface area contributed by atoms with E-state index in [2.05, 4.69) is 31.3 Å². The van der Waals surface area contributed by atoms with Crippen LogP contribution in [0.5, 0.6) is 0 Å². The fraction of sp³-hybridized carbons (Fsp3) is 0.500. The molecule has 2 aliphatic rings. The van der Waals surface area contributed by atoms with Gasteiger partial charge < -0.3 is 41.0 Å². The Bertz CT molecular complexity index is 1330. The summed E-state index contributed by atoms with van der Waals surface area (Å²) in [7, 11) is 0. The second kappa shape index (κ2) is 22.5. The highest BCUT2D eigenvalue weighted by atomic mass is 35.5. The Hall–Kier alpha value is -4.11. The minimum Gasteiger partial charge on any atom is -0.454 e. The Morgan fingerprint density at radius 3 is 1.60 bits per heavy atom. The van der Waals surface area contributed by atoms with Crippen molar-refractivity contribution in [3.63, 3.8) is 0 Å². The highest BCUT2D eigenvalue weighted by molar-refractivity contribution is 6.61. The van der Waals surface area contributed by atoms with E-state index in [1.165, 1.54) is 12.1 Å². The van der Waals surface area contributed by atoms with E-state index in [0.717, 1.165) is 25.9 Å². The predicted octanol–water partition coefficient (Wildman–Crippen LogP) is 5.89. The molecule has 4 rings (SSSR count). The third-order valence-electron chi connectivity index (χ3n) is 7.15. The largest absolute Gasteiger partial charge is 0.454 e. The van der Waals surface area contributed by atoms with Crippen molar-refractivity contribution in [2.75, 3.05) is 50.0 Å². The van der Waals surface area contributed by atoms with E-state index >= 15 is 0 Å². The molecule has 0 saturated carbocycles. The molecule has 12 nitrogen and oxygen atoms in total. The van der Waals surface area contributed by atoms with Gasteiger partial charge in [0.05, 0.1) is 13.2 Å². The molecule has 2 heterocycles. The molecule has 263 valence electrons. The second-order valence-electron chi connectivity index (χ2n) is 10.8. The van der Waals surface area contributed by atoms with Crippen molar-refractivity contribution in [2.45, 2.75) is 65.5 Å². The summed E-state index contributed by atoms with van der Waals surface area (Å²) in [6, 6.07) is 8.76. The Morgan fingerprint density at radius 1 is 0.792 bits per heavy atom. The number of anilines is 2. The maximum atomic E-state index is 13.4. The highest BCUT2D eigenvalue weighted by Gasteiger charge is 2.24. The van der Waals surface area contributed by atoms with Crippen molar-refractivity contribution in [3.05, 3.63) is 59.2 Å². The molecule has 5 amide bonds. The van der Waals surface area contributed by atoms with Gasteiger partial charge in [-0.15, -0.1) is 0 Å². The van der Waals surface area contributed by atoms with Gasteiger partial charge in [0.2, 0.25) is 0 Å². The highest BCUT2D eigenvalue weighted by Crippen LogP contribution is 2.16. The molecule has 2 aromatic carbocycles. The van der Waals surface area contributed by atoms with Crippen LogP contribution in [0.2, 0.25) is 0 Å². The van der Waals surface area contributed by atoms with Crippen LogP contribution in [0.15, 0.2) is 36.4 Å². The van der Waals surface area contributed by atoms with E-state index in [4.69, 9.17) is 16.3 Å². The second-order valence-corrected chi connectivity index (χ2v) is 11.1. The van der Waals surface area contributed by atoms with Crippen molar-refractivity contribution in [1.29, 1.82) is 0 Å². The number of carbonyl (C=O) groups is 4. The van der Waals surface area contributed by atoms with Gasteiger partial charge >= 0.3 is 23.6 Å². The molecule has 48 heavy (non-hydrogen) atoms. The molecule has 0 spiro atoms. The van der Waals surface area contributed by atoms with E-state index in [1.54, 1.807) is 56.9 Å². The van der Waals surface area contributed by atoms with Crippen molar-refractivity contribution < 1.29 is 37.4 Å². The van der Waals surface area contributed by atoms with Crippen LogP contribution >= 0.6 is 11.6 Å². The summed E-state index contributed by atoms with van der Waals surface area (Å²) in [5.41, 5.74) is 1.25. The number of nitrogens with one attached hydrogen (secondary N) is 5. The number of hydrogen-bond donors (Lipinski definition) is 5. The van der Waals surface area contributed by atoms with Crippen LogP contribution < -0.4 is 26.6 Å². The van der Waals surface area contributed by atoms with Crippen molar-refractivity contribution in [2.24, 2.45) is 0 Å². The summed E-state index contributed by atoms with van der Waals surface area (Å²) in [5.74, 6) is -0.666. The van der Waals surface area contributed by atoms with Gasteiger partial charge in [-0.25, -0.2) is 28.0 Å². The first-order valence-electron chi connectivity index (χ1n) is 15.5. The number of likely N-dealkylation sites (tertiary alicyclic amines) is 1. The molecule has 0 aliphatic carbocycles. The van der Waals surface area contributed by atoms with Crippen LogP contribution in [-0.2, 0) is 9.47 Å². The number of amides is 5. The molecule has 2 saturated heterocycles. The number of piperidine rings is 2. The number of rotatable bonds is 6. The first-order valence-corrected chi connectivity index (χ1v) is 15.9. The fourth-order valence-corrected chi connectivity index (χ4v) is 4.66. The molecule has 0 unspecified atom stereocenters. The number of benzene rings is 2. The lowest BCUT2D eigenvalue weighted by Gasteiger charge is -2.31. The summed E-state index contributed by atoms with van der Waals surface area (Å²) >= 11 is 4.72. The van der Waals surface area contributed by atoms with E-state index in [-0.39, 0.29) is 50.3 Å². The molecule has 2 fully saturated rings. The van der Waals surface area contributed by atoms with Gasteiger partial charge in [0.1, 0.15) is 11.6 Å². The van der Waals surface area contributed by atoms with E-state index < -0.39 is 5.43 Å². The van der Waals surface area contributed by atoms with Gasteiger partial charge in [-0.3, -0.25) is 0 Å². The number of aryl methyl sites for hydroxylation is 2. The van der Waals surface area contributed by atoms with Crippen LogP contribution in [0.1, 0.15) is 50.7 Å². The molecule has 3 radical (unpaired) electrons. The lowest BCUT2D eigenvalue weighted by molar-refractivity contribution is 0.0959. The molecule has 0 bridgehead atoms. The summed E-state index contributed by atoms with van der Waals surface area (Å²) in [6.07, 6.45) is 2.86. The monoisotopic (exact) mass is 693 g/mol. The van der Waals surface area contributed by atoms with Gasteiger partial charge in [0, 0.05) is 56.6 Å². The summed E-state index contributed by atoms with van der Waals surface area (Å²) in [6.45, 7) is 10.4. The molecular formula is C32H45BClF2N6O6. The first kappa shape index (κ1) is 41.9. The number of carbonyl (C=O) groups excluding carboxylic acids is 4. The average molecular weight is 694 g/mol. The van der Waals surface area contributed by atoms with Gasteiger partial charge in [0.25, 0.3) is 0 Å². The van der Waals surface area contributed by atoms with Crippen LogP contribution in [0.25, 0.3) is 0 Å². The molecule has 5 N–H and O–H groups in total. The maximum absolute atomic E-state index is 13.4. The standard InChI is InChI=1S/C16H22FN3O3.C13H18FN3O.C3H5ClO2.B/c1-3-23-16(22)20-8-6-12(7-9-20)18-15(21)19-13-5-4-11(2)14(17)10-13;1-9-2-3-11(8-12(9)14)17-13(18)16-10-4-6-15-7-5-10;1-2-6-3(4)5;/h4-5,10,12H,3,6-9H2,1-2H3,(H2,18,19,21);2-3,8,10,15H,4-7H2,1H3,(H2,16,17,18);2H2,1H3;. The minimum atomic E-state index is -0.738. The fourth-order valence-electron chi connectivity index (χ4n) is 4.55. The van der Waals surface area contributed by atoms with Crippen molar-refractivity contribution in [1.82, 2.24) is 20.9 Å². The Labute approximate surface area is 287 Å². The molecule has 0 atom stereocenters. The Balaban J connectivity index is 0.000000411. The Kier molecular flexibility index (Phi) is 19.6. The number of ether oxygens (including phenoxy) is 2. The maximum Gasteiger partial charge on any atom is 0.409 e. The first-order chi connectivity index (χ1) is 22.4. The van der Waals surface area contributed by atoms with Crippen LogP contribution in [0.3, 0.4) is 0 Å². The topological polar surface area (TPSA) is 150 Å². The Morgan fingerprint density at radius 2 is 1.23 bits per heavy atom.